The van der Waals surface area contributed by atoms with Crippen molar-refractivity contribution in [2.24, 2.45) is 0 Å². The Morgan fingerprint density at radius 1 is 0.962 bits per heavy atom. The second-order valence-corrected chi connectivity index (χ2v) is 5.56. The molecule has 1 amide bonds. The van der Waals surface area contributed by atoms with Crippen LogP contribution >= 0.6 is 0 Å². The van der Waals surface area contributed by atoms with Crippen molar-refractivity contribution in [2.75, 3.05) is 5.32 Å². The number of pyridine rings is 1. The zero-order chi connectivity index (χ0) is 18.7. The highest BCUT2D eigenvalue weighted by atomic mass is 19.1. The van der Waals surface area contributed by atoms with E-state index in [1.54, 1.807) is 6.07 Å². The SMILES string of the molecule is O=C(Nc1cc(F)ccc1F)c1cccn(Cc2cccc(F)c2)c1=O. The number of amides is 1. The number of rotatable bonds is 4. The second kappa shape index (κ2) is 7.26. The van der Waals surface area contributed by atoms with Gasteiger partial charge in [0.2, 0.25) is 0 Å². The molecule has 2 aromatic carbocycles. The topological polar surface area (TPSA) is 51.1 Å². The number of anilines is 1. The number of aromatic nitrogens is 1. The summed E-state index contributed by atoms with van der Waals surface area (Å²) < 4.78 is 41.4. The van der Waals surface area contributed by atoms with Gasteiger partial charge < -0.3 is 9.88 Å². The standard InChI is InChI=1S/C19H13F3N2O2/c20-13-4-1-3-12(9-13)11-24-8-2-5-15(19(24)26)18(25)23-17-10-14(21)6-7-16(17)22/h1-10H,11H2,(H,23,25). The van der Waals surface area contributed by atoms with Crippen molar-refractivity contribution in [3.05, 3.63) is 99.7 Å². The predicted molar refractivity (Wildman–Crippen MR) is 90.5 cm³/mol. The molecule has 0 unspecified atom stereocenters. The summed E-state index contributed by atoms with van der Waals surface area (Å²) in [6.45, 7) is 0.0615. The van der Waals surface area contributed by atoms with Crippen molar-refractivity contribution in [2.45, 2.75) is 6.54 Å². The van der Waals surface area contributed by atoms with E-state index in [2.05, 4.69) is 5.32 Å². The lowest BCUT2D eigenvalue weighted by atomic mass is 10.2. The minimum absolute atomic E-state index is 0.0615. The summed E-state index contributed by atoms with van der Waals surface area (Å²) in [5.41, 5.74) is -0.700. The lowest BCUT2D eigenvalue weighted by Gasteiger charge is -2.10. The minimum atomic E-state index is -0.868. The molecule has 3 aromatic rings. The molecule has 132 valence electrons. The lowest BCUT2D eigenvalue weighted by molar-refractivity contribution is 0.102. The average molecular weight is 358 g/mol. The van der Waals surface area contributed by atoms with E-state index in [-0.39, 0.29) is 17.8 Å². The molecule has 0 aliphatic heterocycles. The van der Waals surface area contributed by atoms with Gasteiger partial charge in [0.15, 0.2) is 0 Å². The quantitative estimate of drug-likeness (QED) is 0.775. The Kier molecular flexibility index (Phi) is 4.88. The number of nitrogens with one attached hydrogen (secondary N) is 1. The first kappa shape index (κ1) is 17.5. The Morgan fingerprint density at radius 2 is 1.73 bits per heavy atom. The maximum Gasteiger partial charge on any atom is 0.263 e. The highest BCUT2D eigenvalue weighted by Crippen LogP contribution is 2.16. The van der Waals surface area contributed by atoms with E-state index in [0.717, 1.165) is 18.2 Å². The Balaban J connectivity index is 1.88. The van der Waals surface area contributed by atoms with E-state index < -0.39 is 28.9 Å². The molecule has 0 fully saturated rings. The summed E-state index contributed by atoms with van der Waals surface area (Å²) >= 11 is 0. The monoisotopic (exact) mass is 358 g/mol. The van der Waals surface area contributed by atoms with Crippen LogP contribution in [0.4, 0.5) is 18.9 Å². The first-order valence-corrected chi connectivity index (χ1v) is 7.64. The average Bonchev–Trinajstić information content (AvgIpc) is 2.60. The maximum atomic E-state index is 13.7. The van der Waals surface area contributed by atoms with Gasteiger partial charge in [-0.3, -0.25) is 9.59 Å². The summed E-state index contributed by atoms with van der Waals surface area (Å²) in [6.07, 6.45) is 1.45. The van der Waals surface area contributed by atoms with Gasteiger partial charge in [0.05, 0.1) is 12.2 Å². The number of carbonyl (C=O) groups is 1. The molecule has 26 heavy (non-hydrogen) atoms. The van der Waals surface area contributed by atoms with Crippen LogP contribution in [0.5, 0.6) is 0 Å². The van der Waals surface area contributed by atoms with Crippen LogP contribution in [0, 0.1) is 17.5 Å². The van der Waals surface area contributed by atoms with Crippen LogP contribution in [0.3, 0.4) is 0 Å². The maximum absolute atomic E-state index is 13.7. The first-order valence-electron chi connectivity index (χ1n) is 7.64. The van der Waals surface area contributed by atoms with Gasteiger partial charge in [-0.2, -0.15) is 0 Å². The molecular formula is C19H13F3N2O2. The highest BCUT2D eigenvalue weighted by molar-refractivity contribution is 6.04. The summed E-state index contributed by atoms with van der Waals surface area (Å²) in [5.74, 6) is -2.85. The minimum Gasteiger partial charge on any atom is -0.319 e. The van der Waals surface area contributed by atoms with Gasteiger partial charge in [-0.1, -0.05) is 12.1 Å². The van der Waals surface area contributed by atoms with Crippen LogP contribution in [-0.4, -0.2) is 10.5 Å². The Morgan fingerprint density at radius 3 is 2.50 bits per heavy atom. The molecule has 3 rings (SSSR count). The van der Waals surface area contributed by atoms with Crippen LogP contribution in [0.2, 0.25) is 0 Å². The number of hydrogen-bond acceptors (Lipinski definition) is 2. The van der Waals surface area contributed by atoms with Crippen molar-refractivity contribution in [1.29, 1.82) is 0 Å². The number of halogens is 3. The molecule has 0 radical (unpaired) electrons. The Labute approximate surface area is 146 Å². The molecule has 0 saturated carbocycles. The van der Waals surface area contributed by atoms with Crippen LogP contribution in [0.15, 0.2) is 65.6 Å². The number of hydrogen-bond donors (Lipinski definition) is 1. The molecule has 0 aliphatic rings. The fourth-order valence-electron chi connectivity index (χ4n) is 2.45. The number of benzene rings is 2. The highest BCUT2D eigenvalue weighted by Gasteiger charge is 2.15. The van der Waals surface area contributed by atoms with Crippen molar-refractivity contribution < 1.29 is 18.0 Å². The third-order valence-electron chi connectivity index (χ3n) is 3.68. The molecule has 7 heteroatoms. The lowest BCUT2D eigenvalue weighted by Crippen LogP contribution is -2.29. The van der Waals surface area contributed by atoms with Gasteiger partial charge in [0.25, 0.3) is 11.5 Å². The van der Waals surface area contributed by atoms with E-state index in [0.29, 0.717) is 5.56 Å². The zero-order valence-corrected chi connectivity index (χ0v) is 13.4. The Bertz CT molecular complexity index is 1030. The Hall–Kier alpha value is -3.35. The molecule has 4 nitrogen and oxygen atoms in total. The molecule has 0 atom stereocenters. The van der Waals surface area contributed by atoms with Gasteiger partial charge in [-0.05, 0) is 42.0 Å². The zero-order valence-electron chi connectivity index (χ0n) is 13.4. The number of nitrogens with zero attached hydrogens (tertiary/aromatic N) is 1. The molecule has 0 spiro atoms. The van der Waals surface area contributed by atoms with E-state index in [1.165, 1.54) is 41.1 Å². The normalized spacial score (nSPS) is 10.6. The van der Waals surface area contributed by atoms with Gasteiger partial charge in [0, 0.05) is 12.3 Å². The van der Waals surface area contributed by atoms with Crippen molar-refractivity contribution in [1.82, 2.24) is 4.57 Å². The number of carbonyl (C=O) groups excluding carboxylic acids is 1. The summed E-state index contributed by atoms with van der Waals surface area (Å²) in [7, 11) is 0. The molecule has 1 heterocycles. The third kappa shape index (κ3) is 3.83. The molecule has 0 bridgehead atoms. The van der Waals surface area contributed by atoms with Crippen LogP contribution in [0.25, 0.3) is 0 Å². The van der Waals surface area contributed by atoms with Gasteiger partial charge >= 0.3 is 0 Å². The summed E-state index contributed by atoms with van der Waals surface area (Å²) in [4.78, 5) is 24.8. The fraction of sp³-hybridized carbons (Fsp3) is 0.0526. The van der Waals surface area contributed by atoms with Crippen LogP contribution < -0.4 is 10.9 Å². The van der Waals surface area contributed by atoms with E-state index in [1.807, 2.05) is 0 Å². The fourth-order valence-corrected chi connectivity index (χ4v) is 2.45. The first-order chi connectivity index (χ1) is 12.4. The molecular weight excluding hydrogens is 345 g/mol. The summed E-state index contributed by atoms with van der Waals surface area (Å²) in [5, 5.41) is 2.18. The van der Waals surface area contributed by atoms with E-state index >= 15 is 0 Å². The molecule has 1 aromatic heterocycles. The van der Waals surface area contributed by atoms with Crippen LogP contribution in [0.1, 0.15) is 15.9 Å². The van der Waals surface area contributed by atoms with Crippen molar-refractivity contribution >= 4 is 11.6 Å². The van der Waals surface area contributed by atoms with Gasteiger partial charge in [0.1, 0.15) is 23.0 Å². The predicted octanol–water partition coefficient (Wildman–Crippen LogP) is 3.57. The largest absolute Gasteiger partial charge is 0.319 e. The molecule has 0 aliphatic carbocycles. The molecule has 0 saturated heterocycles. The third-order valence-corrected chi connectivity index (χ3v) is 3.68. The summed E-state index contributed by atoms with van der Waals surface area (Å²) in [6, 6.07) is 11.1. The van der Waals surface area contributed by atoms with E-state index in [4.69, 9.17) is 0 Å². The van der Waals surface area contributed by atoms with Crippen LogP contribution in [-0.2, 0) is 6.54 Å². The smallest absolute Gasteiger partial charge is 0.263 e. The van der Waals surface area contributed by atoms with Gasteiger partial charge in [-0.15, -0.1) is 0 Å². The van der Waals surface area contributed by atoms with Crippen molar-refractivity contribution in [3.63, 3.8) is 0 Å². The van der Waals surface area contributed by atoms with E-state index in [9.17, 15) is 22.8 Å². The second-order valence-electron chi connectivity index (χ2n) is 5.56. The van der Waals surface area contributed by atoms with Gasteiger partial charge in [-0.25, -0.2) is 13.2 Å². The van der Waals surface area contributed by atoms with Crippen molar-refractivity contribution in [3.8, 4) is 0 Å². The molecule has 1 N–H and O–H groups in total.